The summed E-state index contributed by atoms with van der Waals surface area (Å²) in [6.07, 6.45) is -4.40. The van der Waals surface area contributed by atoms with Crippen LogP contribution in [0.4, 0.5) is 30.8 Å². The first-order valence-electron chi connectivity index (χ1n) is 8.21. The van der Waals surface area contributed by atoms with Gasteiger partial charge in [0.1, 0.15) is 5.82 Å². The topological polar surface area (TPSA) is 94.5 Å². The first kappa shape index (κ1) is 17.7. The van der Waals surface area contributed by atoms with Crippen LogP contribution in [0.1, 0.15) is 11.4 Å². The van der Waals surface area contributed by atoms with E-state index in [2.05, 4.69) is 25.3 Å². The van der Waals surface area contributed by atoms with Gasteiger partial charge in [0, 0.05) is 5.69 Å². The van der Waals surface area contributed by atoms with Gasteiger partial charge >= 0.3 is 6.18 Å². The van der Waals surface area contributed by atoms with Crippen LogP contribution in [0.15, 0.2) is 48.5 Å². The summed E-state index contributed by atoms with van der Waals surface area (Å²) < 4.78 is 39.8. The van der Waals surface area contributed by atoms with Gasteiger partial charge in [-0.1, -0.05) is 12.1 Å². The van der Waals surface area contributed by atoms with Gasteiger partial charge in [0.05, 0.1) is 16.6 Å². The fourth-order valence-electron chi connectivity index (χ4n) is 2.81. The summed E-state index contributed by atoms with van der Waals surface area (Å²) in [5, 5.41) is 2.85. The van der Waals surface area contributed by atoms with E-state index < -0.39 is 11.7 Å². The van der Waals surface area contributed by atoms with Crippen molar-refractivity contribution >= 4 is 28.6 Å². The average molecular weight is 385 g/mol. The third kappa shape index (κ3) is 3.31. The van der Waals surface area contributed by atoms with Crippen LogP contribution in [0.5, 0.6) is 0 Å². The predicted molar refractivity (Wildman–Crippen MR) is 98.3 cm³/mol. The molecule has 2 aromatic heterocycles. The molecule has 0 fully saturated rings. The van der Waals surface area contributed by atoms with Crippen LogP contribution in [-0.2, 0) is 6.18 Å². The Balaban J connectivity index is 1.71. The summed E-state index contributed by atoms with van der Waals surface area (Å²) in [5.74, 6) is 0.997. The summed E-state index contributed by atoms with van der Waals surface area (Å²) in [6, 6.07) is 12.0. The van der Waals surface area contributed by atoms with Crippen molar-refractivity contribution < 1.29 is 13.2 Å². The summed E-state index contributed by atoms with van der Waals surface area (Å²) in [5.41, 5.74) is 7.03. The van der Waals surface area contributed by atoms with E-state index in [-0.39, 0.29) is 17.8 Å². The Morgan fingerprint density at radius 2 is 1.64 bits per heavy atom. The zero-order valence-corrected chi connectivity index (χ0v) is 14.6. The fraction of sp³-hybridized carbons (Fsp3) is 0.111. The van der Waals surface area contributed by atoms with Gasteiger partial charge in [0.25, 0.3) is 0 Å². The first-order chi connectivity index (χ1) is 13.3. The van der Waals surface area contributed by atoms with Crippen molar-refractivity contribution in [2.24, 2.45) is 0 Å². The van der Waals surface area contributed by atoms with Crippen LogP contribution < -0.4 is 11.1 Å². The second-order valence-corrected chi connectivity index (χ2v) is 6.00. The smallest absolute Gasteiger partial charge is 0.368 e. The molecule has 0 atom stereocenters. The Morgan fingerprint density at radius 3 is 2.36 bits per heavy atom. The van der Waals surface area contributed by atoms with Gasteiger partial charge in [-0.2, -0.15) is 28.1 Å². The van der Waals surface area contributed by atoms with E-state index in [0.29, 0.717) is 11.5 Å². The number of alkyl halides is 3. The minimum Gasteiger partial charge on any atom is -0.368 e. The van der Waals surface area contributed by atoms with Gasteiger partial charge in [-0.25, -0.2) is 4.98 Å². The van der Waals surface area contributed by atoms with Crippen molar-refractivity contribution in [3.63, 3.8) is 0 Å². The van der Waals surface area contributed by atoms with Crippen LogP contribution in [0.25, 0.3) is 17.0 Å². The summed E-state index contributed by atoms with van der Waals surface area (Å²) in [6.45, 7) is 1.81. The molecule has 0 aliphatic rings. The fourth-order valence-corrected chi connectivity index (χ4v) is 2.81. The minimum absolute atomic E-state index is 0.0309. The molecule has 4 aromatic rings. The number of halogens is 3. The molecule has 0 amide bonds. The number of benzene rings is 2. The normalized spacial score (nSPS) is 11.7. The molecular formula is C18H14F3N7. The molecule has 0 aliphatic heterocycles. The Hall–Kier alpha value is -3.69. The van der Waals surface area contributed by atoms with Crippen molar-refractivity contribution in [1.82, 2.24) is 24.5 Å². The molecule has 0 bridgehead atoms. The molecule has 142 valence electrons. The molecule has 2 heterocycles. The highest BCUT2D eigenvalue weighted by atomic mass is 19.4. The number of para-hydroxylation sites is 2. The summed E-state index contributed by atoms with van der Waals surface area (Å²) in [7, 11) is 0. The Bertz CT molecular complexity index is 1150. The molecule has 4 rings (SSSR count). The average Bonchev–Trinajstić information content (AvgIpc) is 2.96. The number of anilines is 3. The first-order valence-corrected chi connectivity index (χ1v) is 8.21. The van der Waals surface area contributed by atoms with Crippen molar-refractivity contribution in [3.8, 4) is 5.95 Å². The highest BCUT2D eigenvalue weighted by molar-refractivity contribution is 5.77. The molecule has 0 saturated carbocycles. The van der Waals surface area contributed by atoms with Gasteiger partial charge in [0.15, 0.2) is 0 Å². The van der Waals surface area contributed by atoms with E-state index in [1.807, 2.05) is 31.2 Å². The molecule has 2 aromatic carbocycles. The number of hydrogen-bond acceptors (Lipinski definition) is 6. The Kier molecular flexibility index (Phi) is 4.10. The molecule has 0 aliphatic carbocycles. The molecule has 0 saturated heterocycles. The number of aryl methyl sites for hydroxylation is 1. The van der Waals surface area contributed by atoms with Gasteiger partial charge in [-0.05, 0) is 43.3 Å². The number of hydrogen-bond donors (Lipinski definition) is 2. The van der Waals surface area contributed by atoms with Crippen molar-refractivity contribution in [1.29, 1.82) is 0 Å². The highest BCUT2D eigenvalue weighted by Crippen LogP contribution is 2.30. The van der Waals surface area contributed by atoms with Crippen molar-refractivity contribution in [3.05, 3.63) is 59.9 Å². The molecular weight excluding hydrogens is 371 g/mol. The Labute approximate surface area is 157 Å². The van der Waals surface area contributed by atoms with E-state index in [4.69, 9.17) is 5.73 Å². The molecule has 3 N–H and O–H groups in total. The van der Waals surface area contributed by atoms with E-state index in [9.17, 15) is 13.2 Å². The minimum atomic E-state index is -4.40. The number of nitrogens with two attached hydrogens (primary N) is 1. The van der Waals surface area contributed by atoms with E-state index in [0.717, 1.165) is 23.2 Å². The number of nitrogens with zero attached hydrogens (tertiary/aromatic N) is 5. The molecule has 7 nitrogen and oxygen atoms in total. The third-order valence-electron chi connectivity index (χ3n) is 4.04. The standard InChI is InChI=1S/C18H14F3N7/c1-10-23-13-4-2-3-5-14(13)28(10)17-26-15(22)25-16(27-17)24-12-8-6-11(7-9-12)18(19,20)21/h2-9H,1H3,(H3,22,24,25,26,27). The SMILES string of the molecule is Cc1nc2ccccc2n1-c1nc(N)nc(Nc2ccc(C(F)(F)F)cc2)n1. The maximum atomic E-state index is 12.7. The lowest BCUT2D eigenvalue weighted by Crippen LogP contribution is -2.10. The number of nitrogen functional groups attached to an aromatic ring is 1. The largest absolute Gasteiger partial charge is 0.416 e. The van der Waals surface area contributed by atoms with Crippen LogP contribution >= 0.6 is 0 Å². The Morgan fingerprint density at radius 1 is 0.929 bits per heavy atom. The number of fused-ring (bicyclic) bond motifs is 1. The van der Waals surface area contributed by atoms with Crippen LogP contribution in [0.2, 0.25) is 0 Å². The maximum absolute atomic E-state index is 12.7. The predicted octanol–water partition coefficient (Wildman–Crippen LogP) is 3.86. The summed E-state index contributed by atoms with van der Waals surface area (Å²) >= 11 is 0. The van der Waals surface area contributed by atoms with Crippen molar-refractivity contribution in [2.75, 3.05) is 11.1 Å². The zero-order valence-electron chi connectivity index (χ0n) is 14.6. The number of rotatable bonds is 3. The lowest BCUT2D eigenvalue weighted by atomic mass is 10.2. The van der Waals surface area contributed by atoms with Gasteiger partial charge in [-0.3, -0.25) is 4.57 Å². The number of aromatic nitrogens is 5. The van der Waals surface area contributed by atoms with E-state index in [1.54, 1.807) is 4.57 Å². The van der Waals surface area contributed by atoms with E-state index >= 15 is 0 Å². The van der Waals surface area contributed by atoms with Crippen LogP contribution in [0.3, 0.4) is 0 Å². The van der Waals surface area contributed by atoms with Crippen molar-refractivity contribution in [2.45, 2.75) is 13.1 Å². The van der Waals surface area contributed by atoms with Gasteiger partial charge in [-0.15, -0.1) is 0 Å². The second-order valence-electron chi connectivity index (χ2n) is 6.00. The van der Waals surface area contributed by atoms with E-state index in [1.165, 1.54) is 12.1 Å². The molecule has 0 unspecified atom stereocenters. The highest BCUT2D eigenvalue weighted by Gasteiger charge is 2.30. The van der Waals surface area contributed by atoms with Gasteiger partial charge < -0.3 is 11.1 Å². The number of imidazole rings is 1. The number of nitrogens with one attached hydrogen (secondary N) is 1. The monoisotopic (exact) mass is 385 g/mol. The van der Waals surface area contributed by atoms with Crippen LogP contribution in [0, 0.1) is 6.92 Å². The molecule has 0 radical (unpaired) electrons. The molecule has 28 heavy (non-hydrogen) atoms. The third-order valence-corrected chi connectivity index (χ3v) is 4.04. The quantitative estimate of drug-likeness (QED) is 0.556. The van der Waals surface area contributed by atoms with Crippen LogP contribution in [-0.4, -0.2) is 24.5 Å². The molecule has 10 heteroatoms. The van der Waals surface area contributed by atoms with Gasteiger partial charge in [0.2, 0.25) is 17.8 Å². The summed E-state index contributed by atoms with van der Waals surface area (Å²) in [4.78, 5) is 17.0. The lowest BCUT2D eigenvalue weighted by Gasteiger charge is -2.10. The second kappa shape index (κ2) is 6.48. The maximum Gasteiger partial charge on any atom is 0.416 e. The lowest BCUT2D eigenvalue weighted by molar-refractivity contribution is -0.137. The zero-order chi connectivity index (χ0) is 19.9. The molecule has 0 spiro atoms.